The second-order valence-electron chi connectivity index (χ2n) is 8.27. The van der Waals surface area contributed by atoms with Crippen molar-refractivity contribution in [3.05, 3.63) is 23.7 Å². The second-order valence-corrected chi connectivity index (χ2v) is 8.27. The Morgan fingerprint density at radius 2 is 1.80 bits per heavy atom. The van der Waals surface area contributed by atoms with Crippen LogP contribution in [0.1, 0.15) is 51.7 Å². The lowest BCUT2D eigenvalue weighted by Gasteiger charge is -2.33. The van der Waals surface area contributed by atoms with Crippen LogP contribution in [0, 0.1) is 6.92 Å². The number of aryl methyl sites for hydroxylation is 1. The second kappa shape index (κ2) is 14.3. The molecule has 0 bridgehead atoms. The summed E-state index contributed by atoms with van der Waals surface area (Å²) in [6, 6.07) is 5.42. The number of nitrogens with one attached hydrogen (secondary N) is 2. The highest BCUT2D eigenvalue weighted by atomic mass is 127. The lowest BCUT2D eigenvalue weighted by Crippen LogP contribution is -2.46. The highest BCUT2D eigenvalue weighted by Crippen LogP contribution is 2.23. The Balaban J connectivity index is 0.00000450. The van der Waals surface area contributed by atoms with Gasteiger partial charge in [0.15, 0.2) is 5.96 Å². The molecular formula is C22H42IN5O2. The average molecular weight is 536 g/mol. The molecule has 0 amide bonds. The fourth-order valence-corrected chi connectivity index (χ4v) is 3.93. The van der Waals surface area contributed by atoms with Crippen LogP contribution in [0.4, 0.5) is 0 Å². The van der Waals surface area contributed by atoms with Crippen molar-refractivity contribution < 1.29 is 9.15 Å². The number of ether oxygens (including phenoxy) is 1. The van der Waals surface area contributed by atoms with Crippen molar-refractivity contribution in [2.24, 2.45) is 4.99 Å². The van der Waals surface area contributed by atoms with Crippen molar-refractivity contribution in [1.82, 2.24) is 20.4 Å². The maximum absolute atomic E-state index is 5.95. The van der Waals surface area contributed by atoms with Crippen LogP contribution in [-0.4, -0.2) is 80.8 Å². The first-order chi connectivity index (χ1) is 13.9. The highest BCUT2D eigenvalue weighted by Gasteiger charge is 2.25. The Labute approximate surface area is 200 Å². The summed E-state index contributed by atoms with van der Waals surface area (Å²) < 4.78 is 11.5. The molecule has 1 fully saturated rings. The van der Waals surface area contributed by atoms with E-state index in [1.54, 1.807) is 0 Å². The van der Waals surface area contributed by atoms with E-state index in [9.17, 15) is 0 Å². The van der Waals surface area contributed by atoms with Gasteiger partial charge < -0.3 is 19.8 Å². The Morgan fingerprint density at radius 1 is 1.13 bits per heavy atom. The zero-order valence-corrected chi connectivity index (χ0v) is 21.9. The molecule has 1 aliphatic heterocycles. The maximum atomic E-state index is 5.95. The van der Waals surface area contributed by atoms with Gasteiger partial charge in [-0.05, 0) is 53.2 Å². The van der Waals surface area contributed by atoms with Gasteiger partial charge >= 0.3 is 0 Å². The Kier molecular flexibility index (Phi) is 12.9. The van der Waals surface area contributed by atoms with Crippen LogP contribution in [0.15, 0.2) is 21.5 Å². The predicted molar refractivity (Wildman–Crippen MR) is 135 cm³/mol. The Morgan fingerprint density at radius 3 is 2.33 bits per heavy atom. The van der Waals surface area contributed by atoms with Crippen LogP contribution in [0.25, 0.3) is 0 Å². The van der Waals surface area contributed by atoms with E-state index in [1.807, 2.05) is 20.0 Å². The van der Waals surface area contributed by atoms with Gasteiger partial charge in [-0.2, -0.15) is 0 Å². The third-order valence-electron chi connectivity index (χ3n) is 5.47. The molecule has 2 heterocycles. The Hall–Kier alpha value is -0.840. The maximum Gasteiger partial charge on any atom is 0.191 e. The lowest BCUT2D eigenvalue weighted by atomic mass is 10.1. The van der Waals surface area contributed by atoms with Crippen LogP contribution in [0.5, 0.6) is 0 Å². The number of nitrogens with zero attached hydrogens (tertiary/aromatic N) is 3. The van der Waals surface area contributed by atoms with Gasteiger partial charge in [-0.3, -0.25) is 14.8 Å². The molecule has 0 radical (unpaired) electrons. The largest absolute Gasteiger partial charge is 0.465 e. The predicted octanol–water partition coefficient (Wildman–Crippen LogP) is 3.25. The van der Waals surface area contributed by atoms with E-state index in [-0.39, 0.29) is 30.0 Å². The smallest absolute Gasteiger partial charge is 0.191 e. The molecule has 2 rings (SSSR count). The normalized spacial score (nSPS) is 16.8. The number of aliphatic imine (C=N–C) groups is 1. The van der Waals surface area contributed by atoms with E-state index < -0.39 is 0 Å². The molecule has 30 heavy (non-hydrogen) atoms. The molecule has 2 N–H and O–H groups in total. The Bertz CT molecular complexity index is 606. The number of morpholine rings is 1. The monoisotopic (exact) mass is 535 g/mol. The lowest BCUT2D eigenvalue weighted by molar-refractivity contribution is 0.0124. The molecule has 0 aromatic carbocycles. The summed E-state index contributed by atoms with van der Waals surface area (Å²) in [6.07, 6.45) is 1.08. The molecule has 7 nitrogen and oxygen atoms in total. The standard InChI is InChI=1S/C22H41N5O2.HI/c1-17(2)27(18(3)4)11-7-10-24-22(23-6)25-16-20(21-9-8-19(5)29-21)26-12-14-28-15-13-26;/h8-9,17-18,20H,7,10-16H2,1-6H3,(H2,23,24,25);1H. The van der Waals surface area contributed by atoms with Crippen molar-refractivity contribution in [2.45, 2.75) is 59.2 Å². The molecule has 1 aliphatic rings. The third-order valence-corrected chi connectivity index (χ3v) is 5.47. The number of hydrogen-bond donors (Lipinski definition) is 2. The minimum absolute atomic E-state index is 0. The first kappa shape index (κ1) is 27.2. The van der Waals surface area contributed by atoms with E-state index in [4.69, 9.17) is 9.15 Å². The van der Waals surface area contributed by atoms with E-state index in [2.05, 4.69) is 59.2 Å². The number of guanidine groups is 1. The van der Waals surface area contributed by atoms with E-state index in [0.717, 1.165) is 69.8 Å². The fourth-order valence-electron chi connectivity index (χ4n) is 3.93. The number of rotatable bonds is 10. The molecule has 1 unspecified atom stereocenters. The number of halogens is 1. The molecule has 174 valence electrons. The van der Waals surface area contributed by atoms with Gasteiger partial charge in [0.1, 0.15) is 11.5 Å². The molecule has 0 spiro atoms. The van der Waals surface area contributed by atoms with Crippen LogP contribution in [0.3, 0.4) is 0 Å². The molecular weight excluding hydrogens is 493 g/mol. The summed E-state index contributed by atoms with van der Waals surface area (Å²) in [5, 5.41) is 6.95. The summed E-state index contributed by atoms with van der Waals surface area (Å²) in [7, 11) is 1.82. The molecule has 8 heteroatoms. The van der Waals surface area contributed by atoms with Gasteiger partial charge in [-0.15, -0.1) is 24.0 Å². The third kappa shape index (κ3) is 8.72. The van der Waals surface area contributed by atoms with Crippen LogP contribution in [-0.2, 0) is 4.74 Å². The summed E-state index contributed by atoms with van der Waals surface area (Å²) in [5.74, 6) is 2.78. The minimum Gasteiger partial charge on any atom is -0.465 e. The number of furan rings is 1. The van der Waals surface area contributed by atoms with Gasteiger partial charge in [-0.25, -0.2) is 0 Å². The first-order valence-corrected chi connectivity index (χ1v) is 11.0. The summed E-state index contributed by atoms with van der Waals surface area (Å²) >= 11 is 0. The summed E-state index contributed by atoms with van der Waals surface area (Å²) in [4.78, 5) is 9.34. The molecule has 1 aromatic heterocycles. The minimum atomic E-state index is 0. The quantitative estimate of drug-likeness (QED) is 0.208. The fraction of sp³-hybridized carbons (Fsp3) is 0.773. The zero-order valence-electron chi connectivity index (χ0n) is 19.6. The molecule has 0 aliphatic carbocycles. The van der Waals surface area contributed by atoms with Crippen molar-refractivity contribution >= 4 is 29.9 Å². The summed E-state index contributed by atoms with van der Waals surface area (Å²) in [6.45, 7) is 17.1. The van der Waals surface area contributed by atoms with Gasteiger partial charge in [0.05, 0.1) is 19.3 Å². The molecule has 1 aromatic rings. The summed E-state index contributed by atoms with van der Waals surface area (Å²) in [5.41, 5.74) is 0. The molecule has 1 atom stereocenters. The van der Waals surface area contributed by atoms with Gasteiger partial charge in [0, 0.05) is 51.9 Å². The first-order valence-electron chi connectivity index (χ1n) is 11.0. The van der Waals surface area contributed by atoms with Crippen molar-refractivity contribution in [2.75, 3.05) is 53.0 Å². The average Bonchev–Trinajstić information content (AvgIpc) is 3.12. The van der Waals surface area contributed by atoms with Crippen LogP contribution < -0.4 is 10.6 Å². The topological polar surface area (TPSA) is 65.3 Å². The van der Waals surface area contributed by atoms with Gasteiger partial charge in [0.2, 0.25) is 0 Å². The van der Waals surface area contributed by atoms with E-state index in [1.165, 1.54) is 0 Å². The van der Waals surface area contributed by atoms with Gasteiger partial charge in [-0.1, -0.05) is 0 Å². The number of hydrogen-bond acceptors (Lipinski definition) is 5. The van der Waals surface area contributed by atoms with E-state index in [0.29, 0.717) is 12.1 Å². The van der Waals surface area contributed by atoms with Crippen molar-refractivity contribution in [1.29, 1.82) is 0 Å². The molecule has 0 saturated carbocycles. The highest BCUT2D eigenvalue weighted by molar-refractivity contribution is 14.0. The van der Waals surface area contributed by atoms with Crippen molar-refractivity contribution in [3.63, 3.8) is 0 Å². The van der Waals surface area contributed by atoms with Crippen molar-refractivity contribution in [3.8, 4) is 0 Å². The van der Waals surface area contributed by atoms with Crippen LogP contribution >= 0.6 is 24.0 Å². The van der Waals surface area contributed by atoms with E-state index >= 15 is 0 Å². The van der Waals surface area contributed by atoms with Gasteiger partial charge in [0.25, 0.3) is 0 Å². The zero-order chi connectivity index (χ0) is 21.2. The SMILES string of the molecule is CN=C(NCCCN(C(C)C)C(C)C)NCC(c1ccc(C)o1)N1CCOCC1.I. The molecule has 1 saturated heterocycles. The van der Waals surface area contributed by atoms with Crippen LogP contribution in [0.2, 0.25) is 0 Å².